The molecule has 0 aromatic carbocycles. The SMILES string of the molecule is COCc1noc(N2CC(n3cccn3)C2)n1. The van der Waals surface area contributed by atoms with E-state index in [1.807, 2.05) is 21.8 Å². The van der Waals surface area contributed by atoms with Crippen molar-refractivity contribution in [2.45, 2.75) is 12.6 Å². The fourth-order valence-corrected chi connectivity index (χ4v) is 1.84. The van der Waals surface area contributed by atoms with Crippen LogP contribution in [0.25, 0.3) is 0 Å². The third kappa shape index (κ3) is 1.89. The fourth-order valence-electron chi connectivity index (χ4n) is 1.84. The summed E-state index contributed by atoms with van der Waals surface area (Å²) in [5, 5.41) is 8.03. The number of methoxy groups -OCH3 is 1. The molecule has 0 N–H and O–H groups in total. The number of rotatable bonds is 4. The molecule has 0 bridgehead atoms. The second-order valence-corrected chi connectivity index (χ2v) is 3.97. The first-order valence-corrected chi connectivity index (χ1v) is 5.42. The van der Waals surface area contributed by atoms with E-state index in [9.17, 15) is 0 Å². The van der Waals surface area contributed by atoms with Crippen molar-refractivity contribution in [3.63, 3.8) is 0 Å². The summed E-state index contributed by atoms with van der Waals surface area (Å²) in [7, 11) is 1.60. The maximum atomic E-state index is 5.14. The van der Waals surface area contributed by atoms with E-state index in [1.54, 1.807) is 13.3 Å². The normalized spacial score (nSPS) is 16.2. The lowest BCUT2D eigenvalue weighted by molar-refractivity contribution is 0.174. The third-order valence-electron chi connectivity index (χ3n) is 2.76. The summed E-state index contributed by atoms with van der Waals surface area (Å²) >= 11 is 0. The number of aromatic nitrogens is 4. The van der Waals surface area contributed by atoms with Gasteiger partial charge in [-0.05, 0) is 6.07 Å². The van der Waals surface area contributed by atoms with Gasteiger partial charge in [0.25, 0.3) is 0 Å². The van der Waals surface area contributed by atoms with Gasteiger partial charge in [-0.15, -0.1) is 0 Å². The van der Waals surface area contributed by atoms with Crippen LogP contribution in [0.2, 0.25) is 0 Å². The Morgan fingerprint density at radius 2 is 2.41 bits per heavy atom. The van der Waals surface area contributed by atoms with Crippen molar-refractivity contribution in [2.75, 3.05) is 25.1 Å². The lowest BCUT2D eigenvalue weighted by atomic mass is 10.1. The molecule has 1 aliphatic heterocycles. The molecule has 1 aliphatic rings. The number of ether oxygens (including phenoxy) is 1. The summed E-state index contributed by atoms with van der Waals surface area (Å²) in [4.78, 5) is 6.26. The molecule has 0 unspecified atom stereocenters. The first-order chi connectivity index (χ1) is 8.36. The fraction of sp³-hybridized carbons (Fsp3) is 0.500. The molecule has 2 aromatic heterocycles. The molecule has 0 atom stereocenters. The zero-order valence-corrected chi connectivity index (χ0v) is 9.48. The Balaban J connectivity index is 1.61. The predicted octanol–water partition coefficient (Wildman–Crippen LogP) is 0.474. The van der Waals surface area contributed by atoms with Crippen LogP contribution in [-0.2, 0) is 11.3 Å². The quantitative estimate of drug-likeness (QED) is 0.767. The van der Waals surface area contributed by atoms with E-state index in [1.165, 1.54) is 0 Å². The highest BCUT2D eigenvalue weighted by Crippen LogP contribution is 2.25. The van der Waals surface area contributed by atoms with Crippen molar-refractivity contribution in [1.29, 1.82) is 0 Å². The molecule has 7 nitrogen and oxygen atoms in total. The Hall–Kier alpha value is -1.89. The second kappa shape index (κ2) is 4.17. The van der Waals surface area contributed by atoms with Crippen LogP contribution in [0.15, 0.2) is 23.0 Å². The molecule has 0 saturated carbocycles. The Morgan fingerprint density at radius 3 is 3.12 bits per heavy atom. The molecule has 3 heterocycles. The largest absolute Gasteiger partial charge is 0.377 e. The van der Waals surface area contributed by atoms with Crippen LogP contribution in [0.4, 0.5) is 6.01 Å². The topological polar surface area (TPSA) is 69.2 Å². The van der Waals surface area contributed by atoms with E-state index in [0.29, 0.717) is 24.5 Å². The molecule has 3 rings (SSSR count). The van der Waals surface area contributed by atoms with Gasteiger partial charge in [0, 0.05) is 32.6 Å². The lowest BCUT2D eigenvalue weighted by Gasteiger charge is -2.37. The predicted molar refractivity (Wildman–Crippen MR) is 58.5 cm³/mol. The van der Waals surface area contributed by atoms with Gasteiger partial charge in [0.05, 0.1) is 6.04 Å². The molecule has 90 valence electrons. The van der Waals surface area contributed by atoms with E-state index in [2.05, 4.69) is 15.2 Å². The van der Waals surface area contributed by atoms with E-state index in [4.69, 9.17) is 9.26 Å². The van der Waals surface area contributed by atoms with Crippen molar-refractivity contribution < 1.29 is 9.26 Å². The van der Waals surface area contributed by atoms with Gasteiger partial charge in [0.1, 0.15) is 6.61 Å². The highest BCUT2D eigenvalue weighted by atomic mass is 16.5. The Bertz CT molecular complexity index is 475. The average molecular weight is 235 g/mol. The molecule has 1 saturated heterocycles. The van der Waals surface area contributed by atoms with Gasteiger partial charge >= 0.3 is 6.01 Å². The maximum absolute atomic E-state index is 5.14. The summed E-state index contributed by atoms with van der Waals surface area (Å²) in [6.07, 6.45) is 3.75. The molecule has 0 amide bonds. The van der Waals surface area contributed by atoms with Gasteiger partial charge in [-0.1, -0.05) is 5.16 Å². The minimum absolute atomic E-state index is 0.375. The van der Waals surface area contributed by atoms with Crippen molar-refractivity contribution in [3.05, 3.63) is 24.3 Å². The molecule has 0 spiro atoms. The summed E-state index contributed by atoms with van der Waals surface area (Å²) in [5.41, 5.74) is 0. The lowest BCUT2D eigenvalue weighted by Crippen LogP contribution is -2.48. The molecule has 17 heavy (non-hydrogen) atoms. The summed E-state index contributed by atoms with van der Waals surface area (Å²) in [5.74, 6) is 0.574. The standard InChI is InChI=1S/C10H13N5O2/c1-16-7-9-12-10(17-13-9)14-5-8(6-14)15-4-2-3-11-15/h2-4,8H,5-7H2,1H3. The molecule has 0 aliphatic carbocycles. The average Bonchev–Trinajstić information content (AvgIpc) is 2.88. The van der Waals surface area contributed by atoms with Crippen LogP contribution < -0.4 is 4.90 Å². The number of anilines is 1. The molecule has 1 fully saturated rings. The van der Waals surface area contributed by atoms with Crippen LogP contribution >= 0.6 is 0 Å². The minimum Gasteiger partial charge on any atom is -0.377 e. The van der Waals surface area contributed by atoms with E-state index in [0.717, 1.165) is 13.1 Å². The smallest absolute Gasteiger partial charge is 0.324 e. The Kier molecular flexibility index (Phi) is 2.52. The van der Waals surface area contributed by atoms with Gasteiger partial charge in [-0.25, -0.2) is 0 Å². The Morgan fingerprint density at radius 1 is 1.53 bits per heavy atom. The molecular formula is C10H13N5O2. The number of hydrogen-bond donors (Lipinski definition) is 0. The Labute approximate surface area is 98.0 Å². The highest BCUT2D eigenvalue weighted by Gasteiger charge is 2.32. The minimum atomic E-state index is 0.375. The molecule has 7 heteroatoms. The van der Waals surface area contributed by atoms with E-state index >= 15 is 0 Å². The molecule has 0 radical (unpaired) electrons. The summed E-state index contributed by atoms with van der Waals surface area (Å²) in [6, 6.07) is 2.87. The molecule has 2 aromatic rings. The van der Waals surface area contributed by atoms with Crippen LogP contribution in [0, 0.1) is 0 Å². The van der Waals surface area contributed by atoms with Crippen LogP contribution in [-0.4, -0.2) is 40.1 Å². The third-order valence-corrected chi connectivity index (χ3v) is 2.76. The van der Waals surface area contributed by atoms with Gasteiger partial charge in [0.2, 0.25) is 0 Å². The summed E-state index contributed by atoms with van der Waals surface area (Å²) < 4.78 is 12.0. The number of nitrogens with zero attached hydrogens (tertiary/aromatic N) is 5. The second-order valence-electron chi connectivity index (χ2n) is 3.97. The van der Waals surface area contributed by atoms with E-state index < -0.39 is 0 Å². The van der Waals surface area contributed by atoms with E-state index in [-0.39, 0.29) is 0 Å². The first-order valence-electron chi connectivity index (χ1n) is 5.42. The van der Waals surface area contributed by atoms with Crippen LogP contribution in [0.3, 0.4) is 0 Å². The van der Waals surface area contributed by atoms with Gasteiger partial charge in [-0.2, -0.15) is 10.1 Å². The maximum Gasteiger partial charge on any atom is 0.324 e. The van der Waals surface area contributed by atoms with Crippen molar-refractivity contribution >= 4 is 6.01 Å². The number of hydrogen-bond acceptors (Lipinski definition) is 6. The monoisotopic (exact) mass is 235 g/mol. The van der Waals surface area contributed by atoms with Crippen molar-refractivity contribution in [3.8, 4) is 0 Å². The van der Waals surface area contributed by atoms with Crippen molar-refractivity contribution in [1.82, 2.24) is 19.9 Å². The molecular weight excluding hydrogens is 222 g/mol. The van der Waals surface area contributed by atoms with Crippen LogP contribution in [0.5, 0.6) is 0 Å². The summed E-state index contributed by atoms with van der Waals surface area (Å²) in [6.45, 7) is 2.06. The van der Waals surface area contributed by atoms with Gasteiger partial charge < -0.3 is 14.2 Å². The van der Waals surface area contributed by atoms with Gasteiger partial charge in [0.15, 0.2) is 5.82 Å². The zero-order chi connectivity index (χ0) is 11.7. The van der Waals surface area contributed by atoms with Crippen molar-refractivity contribution in [2.24, 2.45) is 0 Å². The highest BCUT2D eigenvalue weighted by molar-refractivity contribution is 5.30. The zero-order valence-electron chi connectivity index (χ0n) is 9.48. The van der Waals surface area contributed by atoms with Crippen LogP contribution in [0.1, 0.15) is 11.9 Å². The van der Waals surface area contributed by atoms with Gasteiger partial charge in [-0.3, -0.25) is 4.68 Å². The first kappa shape index (κ1) is 10.3.